The fraction of sp³-hybridized carbons (Fsp3) is 0.208. The number of hydrogen-bond acceptors (Lipinski definition) is 4. The van der Waals surface area contributed by atoms with Crippen molar-refractivity contribution in [1.82, 2.24) is 4.57 Å². The summed E-state index contributed by atoms with van der Waals surface area (Å²) >= 11 is 1.46. The molecule has 1 N–H and O–H groups in total. The van der Waals surface area contributed by atoms with Crippen LogP contribution < -0.4 is 5.32 Å². The Hall–Kier alpha value is -3.61. The van der Waals surface area contributed by atoms with E-state index in [2.05, 4.69) is 11.4 Å². The number of fused-ring (bicyclic) bond motifs is 1. The Morgan fingerprint density at radius 3 is 2.73 bits per heavy atom. The fourth-order valence-corrected chi connectivity index (χ4v) is 5.04. The largest absolute Gasteiger partial charge is 0.317 e. The summed E-state index contributed by atoms with van der Waals surface area (Å²) in [6.07, 6.45) is 7.46. The van der Waals surface area contributed by atoms with E-state index in [1.165, 1.54) is 16.2 Å². The van der Waals surface area contributed by atoms with E-state index >= 15 is 0 Å². The maximum absolute atomic E-state index is 12.9. The minimum atomic E-state index is -0.495. The maximum atomic E-state index is 12.9. The molecule has 5 nitrogen and oxygen atoms in total. The van der Waals surface area contributed by atoms with Crippen molar-refractivity contribution < 1.29 is 4.79 Å². The lowest BCUT2D eigenvalue weighted by molar-refractivity contribution is -0.112. The van der Waals surface area contributed by atoms with E-state index in [0.29, 0.717) is 10.6 Å². The second kappa shape index (κ2) is 8.41. The van der Waals surface area contributed by atoms with Crippen LogP contribution in [-0.2, 0) is 17.6 Å². The van der Waals surface area contributed by atoms with E-state index in [4.69, 9.17) is 0 Å². The second-order valence-electron chi connectivity index (χ2n) is 7.24. The summed E-state index contributed by atoms with van der Waals surface area (Å²) in [5, 5.41) is 22.6. The smallest absolute Gasteiger partial charge is 0.267 e. The molecular formula is C24H20N4OS. The molecule has 6 heteroatoms. The van der Waals surface area contributed by atoms with Crippen LogP contribution in [-0.4, -0.2) is 10.5 Å². The van der Waals surface area contributed by atoms with E-state index in [9.17, 15) is 15.3 Å². The lowest BCUT2D eigenvalue weighted by Crippen LogP contribution is -2.13. The zero-order valence-electron chi connectivity index (χ0n) is 16.6. The highest BCUT2D eigenvalue weighted by Crippen LogP contribution is 2.37. The Balaban J connectivity index is 1.64. The highest BCUT2D eigenvalue weighted by Gasteiger charge is 2.22. The van der Waals surface area contributed by atoms with Gasteiger partial charge in [-0.3, -0.25) is 4.79 Å². The third-order valence-corrected chi connectivity index (χ3v) is 6.53. The normalized spacial score (nSPS) is 13.2. The predicted molar refractivity (Wildman–Crippen MR) is 118 cm³/mol. The number of benzene rings is 1. The van der Waals surface area contributed by atoms with Crippen LogP contribution in [0.4, 0.5) is 5.00 Å². The Morgan fingerprint density at radius 2 is 1.97 bits per heavy atom. The summed E-state index contributed by atoms with van der Waals surface area (Å²) in [5.74, 6) is -0.495. The highest BCUT2D eigenvalue weighted by atomic mass is 32.1. The number of nitrogens with zero attached hydrogens (tertiary/aromatic N) is 3. The number of para-hydroxylation sites is 1. The van der Waals surface area contributed by atoms with E-state index in [-0.39, 0.29) is 5.57 Å². The minimum absolute atomic E-state index is 0.00111. The molecule has 0 spiro atoms. The Kier molecular flexibility index (Phi) is 5.52. The molecule has 30 heavy (non-hydrogen) atoms. The van der Waals surface area contributed by atoms with Crippen molar-refractivity contribution in [2.45, 2.75) is 32.6 Å². The van der Waals surface area contributed by atoms with Crippen molar-refractivity contribution in [2.24, 2.45) is 0 Å². The summed E-state index contributed by atoms with van der Waals surface area (Å²) in [6, 6.07) is 15.9. The topological polar surface area (TPSA) is 81.6 Å². The number of carbonyl (C=O) groups excluding carboxylic acids is 1. The summed E-state index contributed by atoms with van der Waals surface area (Å²) in [5.41, 5.74) is 4.42. The molecule has 0 aliphatic heterocycles. The van der Waals surface area contributed by atoms with Crippen LogP contribution in [0.1, 0.15) is 40.1 Å². The van der Waals surface area contributed by atoms with Crippen molar-refractivity contribution in [1.29, 1.82) is 10.5 Å². The van der Waals surface area contributed by atoms with Gasteiger partial charge in [0.05, 0.1) is 5.56 Å². The first-order valence-electron chi connectivity index (χ1n) is 9.83. The number of carbonyl (C=O) groups is 1. The van der Waals surface area contributed by atoms with Crippen molar-refractivity contribution in [3.8, 4) is 17.8 Å². The average Bonchev–Trinajstić information content (AvgIpc) is 3.35. The molecule has 2 heterocycles. The van der Waals surface area contributed by atoms with Gasteiger partial charge in [0.15, 0.2) is 0 Å². The van der Waals surface area contributed by atoms with Gasteiger partial charge in [-0.05, 0) is 68.0 Å². The monoisotopic (exact) mass is 412 g/mol. The number of rotatable bonds is 4. The molecule has 3 aromatic rings. The molecule has 0 fully saturated rings. The Labute approximate surface area is 179 Å². The van der Waals surface area contributed by atoms with Crippen LogP contribution in [0.5, 0.6) is 0 Å². The van der Waals surface area contributed by atoms with Crippen LogP contribution in [0.3, 0.4) is 0 Å². The van der Waals surface area contributed by atoms with Gasteiger partial charge in [-0.1, -0.05) is 18.2 Å². The molecule has 0 bridgehead atoms. The van der Waals surface area contributed by atoms with Crippen molar-refractivity contribution in [2.75, 3.05) is 5.32 Å². The van der Waals surface area contributed by atoms with Gasteiger partial charge in [0.2, 0.25) is 0 Å². The SMILES string of the molecule is Cc1ccccc1-n1cccc1C=C(C#N)C(=O)Nc1sc2c(c1C#N)CCCC2. The van der Waals surface area contributed by atoms with E-state index in [1.54, 1.807) is 6.08 Å². The molecule has 0 saturated heterocycles. The fourth-order valence-electron chi connectivity index (χ4n) is 3.80. The summed E-state index contributed by atoms with van der Waals surface area (Å²) in [7, 11) is 0. The predicted octanol–water partition coefficient (Wildman–Crippen LogP) is 5.14. The van der Waals surface area contributed by atoms with Crippen molar-refractivity contribution in [3.05, 3.63) is 75.4 Å². The zero-order chi connectivity index (χ0) is 21.1. The number of anilines is 1. The Morgan fingerprint density at radius 1 is 1.17 bits per heavy atom. The average molecular weight is 413 g/mol. The molecule has 1 aliphatic carbocycles. The van der Waals surface area contributed by atoms with Crippen molar-refractivity contribution in [3.63, 3.8) is 0 Å². The standard InChI is InChI=1S/C24H20N4OS/c1-16-7-2-4-10-21(16)28-12-6-8-18(28)13-17(14-25)23(29)27-24-20(15-26)19-9-3-5-11-22(19)30-24/h2,4,6-8,10,12-13H,3,5,9,11H2,1H3,(H,27,29). The third-order valence-electron chi connectivity index (χ3n) is 5.32. The number of aromatic nitrogens is 1. The number of aryl methyl sites for hydroxylation is 2. The Bertz CT molecular complexity index is 1230. The number of amides is 1. The van der Waals surface area contributed by atoms with E-state index in [0.717, 1.165) is 48.2 Å². The molecule has 1 amide bonds. The van der Waals surface area contributed by atoms with Gasteiger partial charge in [0.1, 0.15) is 22.7 Å². The van der Waals surface area contributed by atoms with Gasteiger partial charge in [0, 0.05) is 22.5 Å². The first kappa shape index (κ1) is 19.7. The molecular weight excluding hydrogens is 392 g/mol. The van der Waals surface area contributed by atoms with Crippen LogP contribution in [0, 0.1) is 29.6 Å². The second-order valence-corrected chi connectivity index (χ2v) is 8.35. The van der Waals surface area contributed by atoms with Crippen LogP contribution in [0.2, 0.25) is 0 Å². The molecule has 148 valence electrons. The van der Waals surface area contributed by atoms with Crippen LogP contribution in [0.25, 0.3) is 11.8 Å². The maximum Gasteiger partial charge on any atom is 0.267 e. The van der Waals surface area contributed by atoms with Gasteiger partial charge in [0.25, 0.3) is 5.91 Å². The van der Waals surface area contributed by atoms with Gasteiger partial charge < -0.3 is 9.88 Å². The van der Waals surface area contributed by atoms with Gasteiger partial charge in [-0.15, -0.1) is 11.3 Å². The van der Waals surface area contributed by atoms with Crippen molar-refractivity contribution >= 4 is 28.3 Å². The summed E-state index contributed by atoms with van der Waals surface area (Å²) in [4.78, 5) is 14.0. The first-order valence-corrected chi connectivity index (χ1v) is 10.6. The third kappa shape index (κ3) is 3.66. The van der Waals surface area contributed by atoms with Gasteiger partial charge in [-0.2, -0.15) is 10.5 Å². The summed E-state index contributed by atoms with van der Waals surface area (Å²) < 4.78 is 1.95. The van der Waals surface area contributed by atoms with Crippen LogP contribution in [0.15, 0.2) is 48.2 Å². The number of thiophene rings is 1. The molecule has 4 rings (SSSR count). The molecule has 0 unspecified atom stereocenters. The number of nitriles is 2. The summed E-state index contributed by atoms with van der Waals surface area (Å²) in [6.45, 7) is 2.02. The molecule has 0 atom stereocenters. The number of hydrogen-bond donors (Lipinski definition) is 1. The molecule has 1 aliphatic rings. The minimum Gasteiger partial charge on any atom is -0.317 e. The molecule has 1 aromatic carbocycles. The van der Waals surface area contributed by atoms with Gasteiger partial charge in [-0.25, -0.2) is 0 Å². The van der Waals surface area contributed by atoms with Crippen LogP contribution >= 0.6 is 11.3 Å². The quantitative estimate of drug-likeness (QED) is 0.476. The molecule has 0 saturated carbocycles. The zero-order valence-corrected chi connectivity index (χ0v) is 17.4. The first-order chi connectivity index (χ1) is 14.6. The molecule has 0 radical (unpaired) electrons. The van der Waals surface area contributed by atoms with E-state index < -0.39 is 5.91 Å². The lowest BCUT2D eigenvalue weighted by atomic mass is 9.96. The lowest BCUT2D eigenvalue weighted by Gasteiger charge is -2.10. The number of nitrogens with one attached hydrogen (secondary N) is 1. The van der Waals surface area contributed by atoms with Gasteiger partial charge >= 0.3 is 0 Å². The van der Waals surface area contributed by atoms with E-state index in [1.807, 2.05) is 60.2 Å². The molecule has 2 aromatic heterocycles. The highest BCUT2D eigenvalue weighted by molar-refractivity contribution is 7.16.